The van der Waals surface area contributed by atoms with Crippen molar-refractivity contribution in [1.82, 2.24) is 4.98 Å². The Morgan fingerprint density at radius 1 is 1.00 bits per heavy atom. The number of aromatic amines is 1. The van der Waals surface area contributed by atoms with E-state index in [4.69, 9.17) is 0 Å². The number of nitrogens with zero attached hydrogens (tertiary/aromatic N) is 1. The molecule has 0 saturated carbocycles. The van der Waals surface area contributed by atoms with Gasteiger partial charge in [0.05, 0.1) is 0 Å². The quantitative estimate of drug-likeness (QED) is 0.487. The molecule has 0 unspecified atom stereocenters. The predicted molar refractivity (Wildman–Crippen MR) is 72.4 cm³/mol. The standard InChI is InChI=1S/C12H10N2.HI/c1-14-7-6-10-9-4-2-3-5-11(9)13-12(10)8-14;/h2-8H,1H3;1H/p+1. The predicted octanol–water partition coefficient (Wildman–Crippen LogP) is 2.76. The van der Waals surface area contributed by atoms with Crippen LogP contribution in [0, 0.1) is 0 Å². The molecule has 0 radical (unpaired) electrons. The van der Waals surface area contributed by atoms with Gasteiger partial charge in [0.15, 0.2) is 12.4 Å². The van der Waals surface area contributed by atoms with Crippen LogP contribution in [0.5, 0.6) is 0 Å². The van der Waals surface area contributed by atoms with Crippen LogP contribution in [0.3, 0.4) is 0 Å². The van der Waals surface area contributed by atoms with Gasteiger partial charge in [0, 0.05) is 22.4 Å². The van der Waals surface area contributed by atoms with Crippen molar-refractivity contribution in [3.8, 4) is 0 Å². The molecule has 2 aromatic heterocycles. The van der Waals surface area contributed by atoms with Gasteiger partial charge in [-0.05, 0) is 6.07 Å². The first-order valence-electron chi connectivity index (χ1n) is 4.70. The number of rotatable bonds is 0. The second-order valence-corrected chi connectivity index (χ2v) is 3.61. The number of H-pyrrole nitrogens is 1. The average molecular weight is 311 g/mol. The Bertz CT molecular complexity index is 613. The molecule has 0 fully saturated rings. The minimum atomic E-state index is 0. The summed E-state index contributed by atoms with van der Waals surface area (Å²) in [5, 5.41) is 2.58. The number of fused-ring (bicyclic) bond motifs is 3. The van der Waals surface area contributed by atoms with Crippen LogP contribution < -0.4 is 4.57 Å². The van der Waals surface area contributed by atoms with E-state index in [1.54, 1.807) is 0 Å². The number of pyridine rings is 1. The van der Waals surface area contributed by atoms with Gasteiger partial charge in [0.1, 0.15) is 12.6 Å². The summed E-state index contributed by atoms with van der Waals surface area (Å²) in [5.41, 5.74) is 2.39. The minimum Gasteiger partial charge on any atom is -0.350 e. The molecule has 1 N–H and O–H groups in total. The number of nitrogens with one attached hydrogen (secondary N) is 1. The summed E-state index contributed by atoms with van der Waals surface area (Å²) in [5.74, 6) is 0. The molecule has 0 atom stereocenters. The highest BCUT2D eigenvalue weighted by molar-refractivity contribution is 14.0. The number of hydrogen-bond acceptors (Lipinski definition) is 0. The second-order valence-electron chi connectivity index (χ2n) is 3.61. The van der Waals surface area contributed by atoms with E-state index >= 15 is 0 Å². The number of aryl methyl sites for hydroxylation is 1. The van der Waals surface area contributed by atoms with Crippen molar-refractivity contribution in [3.63, 3.8) is 0 Å². The third-order valence-corrected chi connectivity index (χ3v) is 2.59. The summed E-state index contributed by atoms with van der Waals surface area (Å²) in [4.78, 5) is 3.40. The van der Waals surface area contributed by atoms with Crippen LogP contribution in [0.15, 0.2) is 42.7 Å². The number of aromatic nitrogens is 2. The Labute approximate surface area is 105 Å². The fourth-order valence-corrected chi connectivity index (χ4v) is 1.90. The molecule has 76 valence electrons. The van der Waals surface area contributed by atoms with Crippen LogP contribution in [0.1, 0.15) is 0 Å². The Balaban J connectivity index is 0.000000853. The molecule has 15 heavy (non-hydrogen) atoms. The summed E-state index contributed by atoms with van der Waals surface area (Å²) in [6, 6.07) is 10.5. The van der Waals surface area contributed by atoms with Gasteiger partial charge in [-0.3, -0.25) is 0 Å². The van der Waals surface area contributed by atoms with Gasteiger partial charge in [0.2, 0.25) is 0 Å². The summed E-state index contributed by atoms with van der Waals surface area (Å²) >= 11 is 0. The van der Waals surface area contributed by atoms with Gasteiger partial charge in [-0.15, -0.1) is 24.0 Å². The van der Waals surface area contributed by atoms with E-state index in [9.17, 15) is 0 Å². The summed E-state index contributed by atoms with van der Waals surface area (Å²) in [7, 11) is 2.03. The van der Waals surface area contributed by atoms with Gasteiger partial charge < -0.3 is 4.98 Å². The topological polar surface area (TPSA) is 19.7 Å². The molecule has 0 bridgehead atoms. The van der Waals surface area contributed by atoms with E-state index in [2.05, 4.69) is 52.3 Å². The average Bonchev–Trinajstić information content (AvgIpc) is 2.54. The Morgan fingerprint density at radius 2 is 1.73 bits per heavy atom. The van der Waals surface area contributed by atoms with Crippen LogP contribution in [0.2, 0.25) is 0 Å². The first kappa shape index (κ1) is 10.4. The maximum absolute atomic E-state index is 3.40. The Kier molecular flexibility index (Phi) is 2.65. The van der Waals surface area contributed by atoms with E-state index in [0.717, 1.165) is 0 Å². The first-order valence-corrected chi connectivity index (χ1v) is 4.70. The molecule has 3 heteroatoms. The van der Waals surface area contributed by atoms with Crippen LogP contribution in [-0.4, -0.2) is 4.98 Å². The van der Waals surface area contributed by atoms with Crippen molar-refractivity contribution < 1.29 is 4.57 Å². The molecule has 0 amide bonds. The lowest BCUT2D eigenvalue weighted by atomic mass is 10.2. The molecule has 0 aliphatic rings. The van der Waals surface area contributed by atoms with E-state index in [1.807, 2.05) is 7.05 Å². The lowest BCUT2D eigenvalue weighted by Gasteiger charge is -1.88. The molecule has 0 saturated heterocycles. The van der Waals surface area contributed by atoms with Crippen LogP contribution in [0.4, 0.5) is 0 Å². The summed E-state index contributed by atoms with van der Waals surface area (Å²) < 4.78 is 2.05. The molecule has 0 aliphatic heterocycles. The number of benzene rings is 1. The Hall–Kier alpha value is -1.10. The van der Waals surface area contributed by atoms with Crippen molar-refractivity contribution >= 4 is 45.8 Å². The van der Waals surface area contributed by atoms with E-state index in [1.165, 1.54) is 21.8 Å². The van der Waals surface area contributed by atoms with Crippen LogP contribution >= 0.6 is 24.0 Å². The fourth-order valence-electron chi connectivity index (χ4n) is 1.90. The highest BCUT2D eigenvalue weighted by atomic mass is 127. The van der Waals surface area contributed by atoms with Crippen molar-refractivity contribution in [2.24, 2.45) is 7.05 Å². The van der Waals surface area contributed by atoms with E-state index in [0.29, 0.717) is 0 Å². The summed E-state index contributed by atoms with van der Waals surface area (Å²) in [6.45, 7) is 0. The van der Waals surface area contributed by atoms with Crippen molar-refractivity contribution in [3.05, 3.63) is 42.7 Å². The van der Waals surface area contributed by atoms with Crippen molar-refractivity contribution in [1.29, 1.82) is 0 Å². The minimum absolute atomic E-state index is 0. The van der Waals surface area contributed by atoms with Crippen molar-refractivity contribution in [2.45, 2.75) is 0 Å². The van der Waals surface area contributed by atoms with E-state index in [-0.39, 0.29) is 24.0 Å². The molecule has 1 aromatic carbocycles. The third-order valence-electron chi connectivity index (χ3n) is 2.59. The molecule has 3 rings (SSSR count). The molecule has 0 aliphatic carbocycles. The maximum atomic E-state index is 3.40. The van der Waals surface area contributed by atoms with Crippen LogP contribution in [0.25, 0.3) is 21.8 Å². The van der Waals surface area contributed by atoms with E-state index < -0.39 is 0 Å². The molecular formula is C12H12IN2+. The molecular weight excluding hydrogens is 299 g/mol. The maximum Gasteiger partial charge on any atom is 0.192 e. The van der Waals surface area contributed by atoms with Gasteiger partial charge in [-0.1, -0.05) is 18.2 Å². The molecule has 0 spiro atoms. The van der Waals surface area contributed by atoms with Gasteiger partial charge in [-0.2, -0.15) is 0 Å². The molecule has 2 heterocycles. The number of halogens is 1. The normalized spacial score (nSPS) is 10.5. The lowest BCUT2D eigenvalue weighted by molar-refractivity contribution is -0.670. The largest absolute Gasteiger partial charge is 0.350 e. The zero-order valence-corrected chi connectivity index (χ0v) is 10.7. The number of para-hydroxylation sites is 1. The zero-order chi connectivity index (χ0) is 9.54. The Morgan fingerprint density at radius 3 is 2.60 bits per heavy atom. The monoisotopic (exact) mass is 311 g/mol. The smallest absolute Gasteiger partial charge is 0.192 e. The SMILES string of the molecule is C[n+]1ccc2c(c1)[nH]c1ccccc12.I. The summed E-state index contributed by atoms with van der Waals surface area (Å²) in [6.07, 6.45) is 4.18. The second kappa shape index (κ2) is 3.81. The van der Waals surface area contributed by atoms with Gasteiger partial charge >= 0.3 is 0 Å². The molecule has 3 aromatic rings. The fraction of sp³-hybridized carbons (Fsp3) is 0.0833. The highest BCUT2D eigenvalue weighted by Crippen LogP contribution is 2.23. The van der Waals surface area contributed by atoms with Gasteiger partial charge in [-0.25, -0.2) is 4.57 Å². The zero-order valence-electron chi connectivity index (χ0n) is 8.40. The van der Waals surface area contributed by atoms with Crippen LogP contribution in [-0.2, 0) is 7.05 Å². The van der Waals surface area contributed by atoms with Crippen molar-refractivity contribution in [2.75, 3.05) is 0 Å². The lowest BCUT2D eigenvalue weighted by Crippen LogP contribution is -2.25. The number of hydrogen-bond donors (Lipinski definition) is 1. The van der Waals surface area contributed by atoms with Gasteiger partial charge in [0.25, 0.3) is 0 Å². The highest BCUT2D eigenvalue weighted by Gasteiger charge is 2.05. The third kappa shape index (κ3) is 1.61. The first-order chi connectivity index (χ1) is 6.84. The molecule has 2 nitrogen and oxygen atoms in total.